The number of benzene rings is 1. The van der Waals surface area contributed by atoms with Crippen LogP contribution in [-0.4, -0.2) is 16.1 Å². The summed E-state index contributed by atoms with van der Waals surface area (Å²) in [5, 5.41) is 4.29. The van der Waals surface area contributed by atoms with Crippen LogP contribution in [0.3, 0.4) is 0 Å². The van der Waals surface area contributed by atoms with Crippen LogP contribution >= 0.6 is 15.9 Å². The van der Waals surface area contributed by atoms with Crippen molar-refractivity contribution in [3.05, 3.63) is 45.7 Å². The van der Waals surface area contributed by atoms with Crippen LogP contribution in [0.1, 0.15) is 21.6 Å². The largest absolute Gasteiger partial charge is 0.298 e. The number of aryl methyl sites for hydroxylation is 2. The standard InChI is InChI=1S/C12H11BrN2O/c1-8-3-4-11(5-12(8)13)15-6-10(7-16)9(2)14-15/h3-7H,1-2H3. The minimum Gasteiger partial charge on any atom is -0.298 e. The van der Waals surface area contributed by atoms with Gasteiger partial charge in [0.15, 0.2) is 6.29 Å². The topological polar surface area (TPSA) is 34.9 Å². The fourth-order valence-electron chi connectivity index (χ4n) is 1.45. The highest BCUT2D eigenvalue weighted by molar-refractivity contribution is 9.10. The quantitative estimate of drug-likeness (QED) is 0.792. The summed E-state index contributed by atoms with van der Waals surface area (Å²) in [5.41, 5.74) is 3.47. The predicted octanol–water partition coefficient (Wildman–Crippen LogP) is 3.06. The van der Waals surface area contributed by atoms with Gasteiger partial charge in [-0.25, -0.2) is 4.68 Å². The Balaban J connectivity index is 2.50. The van der Waals surface area contributed by atoms with Crippen LogP contribution < -0.4 is 0 Å². The third kappa shape index (κ3) is 1.93. The maximum absolute atomic E-state index is 10.7. The highest BCUT2D eigenvalue weighted by Gasteiger charge is 2.06. The summed E-state index contributed by atoms with van der Waals surface area (Å²) >= 11 is 3.48. The molecule has 0 unspecified atom stereocenters. The van der Waals surface area contributed by atoms with Gasteiger partial charge in [-0.1, -0.05) is 22.0 Å². The van der Waals surface area contributed by atoms with E-state index in [1.54, 1.807) is 10.9 Å². The Morgan fingerprint density at radius 2 is 2.12 bits per heavy atom. The molecule has 0 spiro atoms. The Bertz CT molecular complexity index is 546. The van der Waals surface area contributed by atoms with Gasteiger partial charge < -0.3 is 0 Å². The smallest absolute Gasteiger partial charge is 0.153 e. The molecule has 0 atom stereocenters. The molecule has 0 saturated heterocycles. The molecule has 0 amide bonds. The van der Waals surface area contributed by atoms with Crippen molar-refractivity contribution in [1.29, 1.82) is 0 Å². The van der Waals surface area contributed by atoms with Crippen molar-refractivity contribution in [3.63, 3.8) is 0 Å². The summed E-state index contributed by atoms with van der Waals surface area (Å²) < 4.78 is 2.74. The predicted molar refractivity (Wildman–Crippen MR) is 66.1 cm³/mol. The highest BCUT2D eigenvalue weighted by atomic mass is 79.9. The van der Waals surface area contributed by atoms with E-state index in [4.69, 9.17) is 0 Å². The molecular weight excluding hydrogens is 268 g/mol. The van der Waals surface area contributed by atoms with Crippen molar-refractivity contribution in [3.8, 4) is 5.69 Å². The van der Waals surface area contributed by atoms with Crippen molar-refractivity contribution in [2.24, 2.45) is 0 Å². The zero-order valence-corrected chi connectivity index (χ0v) is 10.7. The molecular formula is C12H11BrN2O. The van der Waals surface area contributed by atoms with Crippen molar-refractivity contribution < 1.29 is 4.79 Å². The van der Waals surface area contributed by atoms with Crippen LogP contribution in [0.2, 0.25) is 0 Å². The zero-order valence-electron chi connectivity index (χ0n) is 9.07. The second-order valence-electron chi connectivity index (χ2n) is 3.67. The van der Waals surface area contributed by atoms with Gasteiger partial charge in [-0.05, 0) is 31.5 Å². The van der Waals surface area contributed by atoms with E-state index < -0.39 is 0 Å². The normalized spacial score (nSPS) is 10.4. The minimum atomic E-state index is 0.622. The number of rotatable bonds is 2. The van der Waals surface area contributed by atoms with Crippen molar-refractivity contribution in [2.75, 3.05) is 0 Å². The lowest BCUT2D eigenvalue weighted by Gasteiger charge is -2.03. The second-order valence-corrected chi connectivity index (χ2v) is 4.52. The van der Waals surface area contributed by atoms with E-state index in [-0.39, 0.29) is 0 Å². The number of aldehydes is 1. The van der Waals surface area contributed by atoms with Crippen LogP contribution in [-0.2, 0) is 0 Å². The van der Waals surface area contributed by atoms with Gasteiger partial charge in [-0.2, -0.15) is 5.10 Å². The molecule has 0 bridgehead atoms. The van der Waals surface area contributed by atoms with Crippen LogP contribution in [0.25, 0.3) is 5.69 Å². The molecule has 2 aromatic rings. The second kappa shape index (κ2) is 4.22. The van der Waals surface area contributed by atoms with Crippen LogP contribution in [0.5, 0.6) is 0 Å². The van der Waals surface area contributed by atoms with Crippen LogP contribution in [0, 0.1) is 13.8 Å². The van der Waals surface area contributed by atoms with Crippen molar-refractivity contribution >= 4 is 22.2 Å². The first-order valence-corrected chi connectivity index (χ1v) is 5.69. The molecule has 1 aromatic carbocycles. The lowest BCUT2D eigenvalue weighted by molar-refractivity contribution is 0.112. The number of carbonyl (C=O) groups excluding carboxylic acids is 1. The SMILES string of the molecule is Cc1ccc(-n2cc(C=O)c(C)n2)cc1Br. The molecule has 0 saturated carbocycles. The molecule has 0 radical (unpaired) electrons. The Kier molecular flexibility index (Phi) is 2.92. The van der Waals surface area contributed by atoms with E-state index in [1.807, 2.05) is 32.0 Å². The number of hydrogen-bond donors (Lipinski definition) is 0. The lowest BCUT2D eigenvalue weighted by atomic mass is 10.2. The summed E-state index contributed by atoms with van der Waals surface area (Å²) in [6.45, 7) is 3.85. The molecule has 0 fully saturated rings. The van der Waals surface area contributed by atoms with Crippen LogP contribution in [0.15, 0.2) is 28.9 Å². The van der Waals surface area contributed by atoms with Gasteiger partial charge in [0, 0.05) is 10.7 Å². The Hall–Kier alpha value is -1.42. The number of hydrogen-bond acceptors (Lipinski definition) is 2. The first kappa shape index (κ1) is 11.1. The molecule has 0 aliphatic carbocycles. The summed E-state index contributed by atoms with van der Waals surface area (Å²) in [5.74, 6) is 0. The van der Waals surface area contributed by atoms with E-state index in [9.17, 15) is 4.79 Å². The van der Waals surface area contributed by atoms with Crippen molar-refractivity contribution in [2.45, 2.75) is 13.8 Å². The molecule has 16 heavy (non-hydrogen) atoms. The summed E-state index contributed by atoms with van der Waals surface area (Å²) in [6, 6.07) is 5.97. The lowest BCUT2D eigenvalue weighted by Crippen LogP contribution is -1.95. The van der Waals surface area contributed by atoms with Gasteiger partial charge in [0.2, 0.25) is 0 Å². The molecule has 0 N–H and O–H groups in total. The number of aromatic nitrogens is 2. The molecule has 3 nitrogen and oxygen atoms in total. The zero-order chi connectivity index (χ0) is 11.7. The molecule has 0 aliphatic rings. The number of carbonyl (C=O) groups is 1. The molecule has 1 heterocycles. The van der Waals surface area contributed by atoms with Gasteiger partial charge in [0.1, 0.15) is 0 Å². The van der Waals surface area contributed by atoms with Gasteiger partial charge >= 0.3 is 0 Å². The maximum Gasteiger partial charge on any atom is 0.153 e. The van der Waals surface area contributed by atoms with Crippen molar-refractivity contribution in [1.82, 2.24) is 9.78 Å². The average molecular weight is 279 g/mol. The summed E-state index contributed by atoms with van der Waals surface area (Å²) in [7, 11) is 0. The number of nitrogens with zero attached hydrogens (tertiary/aromatic N) is 2. The molecule has 0 aliphatic heterocycles. The van der Waals surface area contributed by atoms with Gasteiger partial charge in [0.05, 0.1) is 16.9 Å². The Labute approximate surface area is 102 Å². The van der Waals surface area contributed by atoms with Crippen LogP contribution in [0.4, 0.5) is 0 Å². The van der Waals surface area contributed by atoms with Gasteiger partial charge in [-0.15, -0.1) is 0 Å². The minimum absolute atomic E-state index is 0.622. The fourth-order valence-corrected chi connectivity index (χ4v) is 1.81. The van der Waals surface area contributed by atoms with E-state index in [0.29, 0.717) is 5.56 Å². The summed E-state index contributed by atoms with van der Waals surface area (Å²) in [4.78, 5) is 10.7. The van der Waals surface area contributed by atoms with E-state index >= 15 is 0 Å². The van der Waals surface area contributed by atoms with E-state index in [0.717, 1.165) is 22.1 Å². The molecule has 1 aromatic heterocycles. The Morgan fingerprint density at radius 3 is 2.69 bits per heavy atom. The fraction of sp³-hybridized carbons (Fsp3) is 0.167. The average Bonchev–Trinajstić information content (AvgIpc) is 2.64. The van der Waals surface area contributed by atoms with E-state index in [1.165, 1.54) is 5.56 Å². The number of halogens is 1. The first-order valence-electron chi connectivity index (χ1n) is 4.90. The maximum atomic E-state index is 10.7. The Morgan fingerprint density at radius 1 is 1.38 bits per heavy atom. The monoisotopic (exact) mass is 278 g/mol. The van der Waals surface area contributed by atoms with Gasteiger partial charge in [-0.3, -0.25) is 4.79 Å². The van der Waals surface area contributed by atoms with E-state index in [2.05, 4.69) is 21.0 Å². The molecule has 2 rings (SSSR count). The highest BCUT2D eigenvalue weighted by Crippen LogP contribution is 2.20. The molecule has 4 heteroatoms. The van der Waals surface area contributed by atoms with Gasteiger partial charge in [0.25, 0.3) is 0 Å². The first-order chi connectivity index (χ1) is 7.61. The summed E-state index contributed by atoms with van der Waals surface area (Å²) in [6.07, 6.45) is 2.56. The third-order valence-electron chi connectivity index (χ3n) is 2.48. The third-order valence-corrected chi connectivity index (χ3v) is 3.34. The molecule has 82 valence electrons.